The Morgan fingerprint density at radius 1 is 0.419 bits per heavy atom. The molecule has 5 rings (SSSR count). The first-order valence-electron chi connectivity index (χ1n) is 11.5. The highest BCUT2D eigenvalue weighted by Crippen LogP contribution is 2.59. The van der Waals surface area contributed by atoms with Crippen molar-refractivity contribution in [3.63, 3.8) is 0 Å². The normalized spacial score (nSPS) is 25.8. The Hall–Kier alpha value is -3.12. The lowest BCUT2D eigenvalue weighted by Gasteiger charge is -2.48. The topological polar surface area (TPSA) is 0 Å². The maximum Gasteiger partial charge on any atom is -0.00158 e. The molecule has 4 aromatic rings. The quantitative estimate of drug-likeness (QED) is 0.323. The molecule has 0 spiro atoms. The highest BCUT2D eigenvalue weighted by Gasteiger charge is 2.45. The van der Waals surface area contributed by atoms with Crippen LogP contribution in [0.5, 0.6) is 0 Å². The average Bonchev–Trinajstić information content (AvgIpc) is 2.85. The van der Waals surface area contributed by atoms with Crippen molar-refractivity contribution in [2.75, 3.05) is 0 Å². The van der Waals surface area contributed by atoms with Gasteiger partial charge in [0.25, 0.3) is 0 Å². The predicted molar refractivity (Wildman–Crippen MR) is 131 cm³/mol. The molecule has 1 saturated carbocycles. The second-order valence-corrected chi connectivity index (χ2v) is 9.04. The summed E-state index contributed by atoms with van der Waals surface area (Å²) in [5, 5.41) is 0. The number of hydrogen-bond acceptors (Lipinski definition) is 0. The SMILES string of the molecule is C[C@@H]1C[C@H](c2ccccc2)[C@H](c2ccccc2)[C@@H](c2ccccc2)[C@H]1c1ccccc1. The number of hydrogen-bond donors (Lipinski definition) is 0. The van der Waals surface area contributed by atoms with E-state index in [1.165, 1.54) is 28.7 Å². The van der Waals surface area contributed by atoms with Crippen LogP contribution in [0.3, 0.4) is 0 Å². The highest BCUT2D eigenvalue weighted by molar-refractivity contribution is 5.40. The van der Waals surface area contributed by atoms with Gasteiger partial charge in [-0.25, -0.2) is 0 Å². The summed E-state index contributed by atoms with van der Waals surface area (Å²) in [7, 11) is 0. The van der Waals surface area contributed by atoms with Crippen LogP contribution in [0, 0.1) is 5.92 Å². The van der Waals surface area contributed by atoms with Gasteiger partial charge in [-0.15, -0.1) is 0 Å². The van der Waals surface area contributed by atoms with Gasteiger partial charge in [0, 0.05) is 0 Å². The molecule has 5 atom stereocenters. The zero-order chi connectivity index (χ0) is 21.0. The van der Waals surface area contributed by atoms with Crippen molar-refractivity contribution in [3.8, 4) is 0 Å². The zero-order valence-electron chi connectivity index (χ0n) is 18.1. The highest BCUT2D eigenvalue weighted by atomic mass is 14.5. The van der Waals surface area contributed by atoms with Crippen LogP contribution in [0.4, 0.5) is 0 Å². The molecule has 0 heteroatoms. The molecule has 1 fully saturated rings. The molecule has 0 heterocycles. The summed E-state index contributed by atoms with van der Waals surface area (Å²) in [4.78, 5) is 0. The van der Waals surface area contributed by atoms with E-state index >= 15 is 0 Å². The summed E-state index contributed by atoms with van der Waals surface area (Å²) in [6.07, 6.45) is 1.20. The van der Waals surface area contributed by atoms with Gasteiger partial charge in [0.2, 0.25) is 0 Å². The van der Waals surface area contributed by atoms with Crippen LogP contribution in [0.15, 0.2) is 121 Å². The number of rotatable bonds is 4. The summed E-state index contributed by atoms with van der Waals surface area (Å²) in [5.41, 5.74) is 5.85. The lowest BCUT2D eigenvalue weighted by atomic mass is 9.56. The van der Waals surface area contributed by atoms with Crippen molar-refractivity contribution in [1.82, 2.24) is 0 Å². The first kappa shape index (κ1) is 19.8. The lowest BCUT2D eigenvalue weighted by Crippen LogP contribution is -2.34. The van der Waals surface area contributed by atoms with Gasteiger partial charge in [-0.3, -0.25) is 0 Å². The fraction of sp³-hybridized carbons (Fsp3) is 0.226. The van der Waals surface area contributed by atoms with Gasteiger partial charge in [-0.1, -0.05) is 128 Å². The smallest absolute Gasteiger partial charge is 0.00158 e. The van der Waals surface area contributed by atoms with Crippen molar-refractivity contribution < 1.29 is 0 Å². The first-order valence-corrected chi connectivity index (χ1v) is 11.5. The molecule has 0 bridgehead atoms. The minimum Gasteiger partial charge on any atom is -0.0622 e. The molecular weight excluding hydrogens is 372 g/mol. The van der Waals surface area contributed by atoms with E-state index in [1.54, 1.807) is 0 Å². The number of benzene rings is 4. The maximum absolute atomic E-state index is 2.46. The van der Waals surface area contributed by atoms with E-state index in [4.69, 9.17) is 0 Å². The van der Waals surface area contributed by atoms with Crippen LogP contribution in [0.2, 0.25) is 0 Å². The summed E-state index contributed by atoms with van der Waals surface area (Å²) >= 11 is 0. The van der Waals surface area contributed by atoms with E-state index in [0.29, 0.717) is 29.6 Å². The van der Waals surface area contributed by atoms with Gasteiger partial charge in [0.15, 0.2) is 0 Å². The van der Waals surface area contributed by atoms with Gasteiger partial charge in [0.05, 0.1) is 0 Å². The van der Waals surface area contributed by atoms with Crippen LogP contribution in [0.25, 0.3) is 0 Å². The minimum atomic E-state index is 0.431. The fourth-order valence-corrected chi connectivity index (χ4v) is 5.98. The Morgan fingerprint density at radius 2 is 0.774 bits per heavy atom. The molecule has 0 aliphatic heterocycles. The van der Waals surface area contributed by atoms with Crippen molar-refractivity contribution in [1.29, 1.82) is 0 Å². The minimum absolute atomic E-state index is 0.431. The molecule has 1 aliphatic carbocycles. The van der Waals surface area contributed by atoms with Crippen molar-refractivity contribution >= 4 is 0 Å². The van der Waals surface area contributed by atoms with E-state index in [-0.39, 0.29) is 0 Å². The first-order chi connectivity index (χ1) is 15.3. The van der Waals surface area contributed by atoms with E-state index < -0.39 is 0 Å². The van der Waals surface area contributed by atoms with Gasteiger partial charge < -0.3 is 0 Å². The third kappa shape index (κ3) is 3.95. The maximum atomic E-state index is 2.46. The van der Waals surface area contributed by atoms with Gasteiger partial charge in [-0.2, -0.15) is 0 Å². The molecule has 154 valence electrons. The van der Waals surface area contributed by atoms with E-state index in [0.717, 1.165) is 0 Å². The molecule has 31 heavy (non-hydrogen) atoms. The Bertz CT molecular complexity index is 1070. The molecule has 0 amide bonds. The van der Waals surface area contributed by atoms with E-state index in [2.05, 4.69) is 128 Å². The third-order valence-electron chi connectivity index (χ3n) is 7.23. The van der Waals surface area contributed by atoms with Gasteiger partial charge in [0.1, 0.15) is 0 Å². The van der Waals surface area contributed by atoms with Crippen molar-refractivity contribution in [3.05, 3.63) is 144 Å². The van der Waals surface area contributed by atoms with E-state index in [9.17, 15) is 0 Å². The third-order valence-corrected chi connectivity index (χ3v) is 7.23. The Balaban J connectivity index is 1.71. The second kappa shape index (κ2) is 8.94. The summed E-state index contributed by atoms with van der Waals surface area (Å²) in [6, 6.07) is 44.9. The molecule has 4 aromatic carbocycles. The van der Waals surface area contributed by atoms with Crippen molar-refractivity contribution in [2.24, 2.45) is 5.92 Å². The molecule has 0 radical (unpaired) electrons. The van der Waals surface area contributed by atoms with Crippen LogP contribution >= 0.6 is 0 Å². The fourth-order valence-electron chi connectivity index (χ4n) is 5.98. The molecule has 0 unspecified atom stereocenters. The van der Waals surface area contributed by atoms with Gasteiger partial charge in [-0.05, 0) is 58.3 Å². The Kier molecular flexibility index (Phi) is 5.71. The monoisotopic (exact) mass is 402 g/mol. The largest absolute Gasteiger partial charge is 0.0622 e. The van der Waals surface area contributed by atoms with Crippen LogP contribution in [-0.4, -0.2) is 0 Å². The van der Waals surface area contributed by atoms with Crippen LogP contribution < -0.4 is 0 Å². The standard InChI is InChI=1S/C31H30/c1-23-22-28(24-14-6-2-7-15-24)30(26-18-10-4-11-19-26)31(27-20-12-5-13-21-27)29(23)25-16-8-3-9-17-25/h2-21,23,28-31H,22H2,1H3/t23-,28-,29-,30+,31+/m1/s1. The van der Waals surface area contributed by atoms with Gasteiger partial charge >= 0.3 is 0 Å². The predicted octanol–water partition coefficient (Wildman–Crippen LogP) is 8.16. The summed E-state index contributed by atoms with van der Waals surface area (Å²) in [6.45, 7) is 2.46. The average molecular weight is 403 g/mol. The van der Waals surface area contributed by atoms with Crippen molar-refractivity contribution in [2.45, 2.75) is 37.0 Å². The Morgan fingerprint density at radius 3 is 1.23 bits per heavy atom. The lowest BCUT2D eigenvalue weighted by molar-refractivity contribution is 0.227. The molecular formula is C31H30. The van der Waals surface area contributed by atoms with Crippen LogP contribution in [-0.2, 0) is 0 Å². The molecule has 0 aromatic heterocycles. The van der Waals surface area contributed by atoms with E-state index in [1.807, 2.05) is 0 Å². The molecule has 0 saturated heterocycles. The zero-order valence-corrected chi connectivity index (χ0v) is 18.1. The molecule has 0 nitrogen and oxygen atoms in total. The van der Waals surface area contributed by atoms with Crippen LogP contribution in [0.1, 0.15) is 59.3 Å². The summed E-state index contributed by atoms with van der Waals surface area (Å²) in [5.74, 6) is 2.46. The second-order valence-electron chi connectivity index (χ2n) is 9.04. The molecule has 0 N–H and O–H groups in total. The Labute approximate surface area is 186 Å². The summed E-state index contributed by atoms with van der Waals surface area (Å²) < 4.78 is 0. The molecule has 1 aliphatic rings.